The molecule has 0 bridgehead atoms. The fraction of sp³-hybridized carbons (Fsp3) is 0.133. The minimum absolute atomic E-state index is 0.00210. The van der Waals surface area contributed by atoms with Gasteiger partial charge in [0, 0.05) is 0 Å². The Hall–Kier alpha value is -2.74. The van der Waals surface area contributed by atoms with Crippen LogP contribution in [0.4, 0.5) is 4.39 Å². The van der Waals surface area contributed by atoms with Crippen molar-refractivity contribution in [2.75, 3.05) is 6.54 Å². The fourth-order valence-corrected chi connectivity index (χ4v) is 2.31. The minimum Gasteiger partial charge on any atom is -0.342 e. The van der Waals surface area contributed by atoms with Crippen LogP contribution in [-0.2, 0) is 16.0 Å². The highest BCUT2D eigenvalue weighted by Gasteiger charge is 2.09. The first-order valence-corrected chi connectivity index (χ1v) is 7.56. The number of hydrazine groups is 1. The summed E-state index contributed by atoms with van der Waals surface area (Å²) in [5, 5.41) is 4.19. The Bertz CT molecular complexity index is 687. The molecular weight excluding hydrogens is 321 g/mol. The van der Waals surface area contributed by atoms with Gasteiger partial charge in [0.25, 0.3) is 11.8 Å². The molecule has 120 valence electrons. The second-order valence-electron chi connectivity index (χ2n) is 4.56. The first kappa shape index (κ1) is 16.6. The minimum atomic E-state index is -0.553. The van der Waals surface area contributed by atoms with Crippen LogP contribution in [0.3, 0.4) is 0 Å². The normalized spacial score (nSPS) is 9.96. The van der Waals surface area contributed by atoms with E-state index in [-0.39, 0.29) is 24.7 Å². The number of carbonyl (C=O) groups excluding carboxylic acids is 3. The van der Waals surface area contributed by atoms with Gasteiger partial charge in [-0.2, -0.15) is 0 Å². The summed E-state index contributed by atoms with van der Waals surface area (Å²) in [5.41, 5.74) is 5.03. The first-order chi connectivity index (χ1) is 11.0. The Labute approximate surface area is 135 Å². The van der Waals surface area contributed by atoms with Gasteiger partial charge < -0.3 is 5.32 Å². The number of hydrogen-bond donors (Lipinski definition) is 3. The highest BCUT2D eigenvalue weighted by atomic mass is 32.1. The maximum atomic E-state index is 12.7. The van der Waals surface area contributed by atoms with Gasteiger partial charge in [-0.25, -0.2) is 4.39 Å². The molecule has 0 aliphatic carbocycles. The summed E-state index contributed by atoms with van der Waals surface area (Å²) in [6.07, 6.45) is 0.00210. The van der Waals surface area contributed by atoms with Crippen LogP contribution in [0.2, 0.25) is 0 Å². The Morgan fingerprint density at radius 1 is 1.00 bits per heavy atom. The van der Waals surface area contributed by atoms with E-state index in [0.29, 0.717) is 10.4 Å². The molecule has 1 aromatic heterocycles. The Balaban J connectivity index is 1.68. The quantitative estimate of drug-likeness (QED) is 0.713. The molecule has 0 aliphatic heterocycles. The van der Waals surface area contributed by atoms with E-state index in [0.717, 1.165) is 0 Å². The van der Waals surface area contributed by atoms with Gasteiger partial charge >= 0.3 is 0 Å². The second kappa shape index (κ2) is 8.04. The number of halogens is 1. The zero-order valence-electron chi connectivity index (χ0n) is 12.0. The van der Waals surface area contributed by atoms with E-state index in [1.54, 1.807) is 17.5 Å². The Morgan fingerprint density at radius 2 is 1.70 bits per heavy atom. The fourth-order valence-electron chi connectivity index (χ4n) is 1.67. The molecule has 1 heterocycles. The molecule has 6 nitrogen and oxygen atoms in total. The van der Waals surface area contributed by atoms with E-state index in [9.17, 15) is 18.8 Å². The standard InChI is InChI=1S/C15H14FN3O3S/c16-11-5-3-10(4-6-11)8-13(20)18-19-14(21)9-17-15(22)12-2-1-7-23-12/h1-7H,8-9H2,(H,17,22)(H,18,20)(H,19,21). The summed E-state index contributed by atoms with van der Waals surface area (Å²) in [7, 11) is 0. The lowest BCUT2D eigenvalue weighted by Crippen LogP contribution is -2.46. The predicted molar refractivity (Wildman–Crippen MR) is 83.0 cm³/mol. The maximum Gasteiger partial charge on any atom is 0.261 e. The number of amides is 3. The molecule has 2 aromatic rings. The van der Waals surface area contributed by atoms with Gasteiger partial charge in [-0.05, 0) is 29.1 Å². The summed E-state index contributed by atoms with van der Waals surface area (Å²) in [6.45, 7) is -0.256. The van der Waals surface area contributed by atoms with Crippen LogP contribution < -0.4 is 16.2 Å². The SMILES string of the molecule is O=C(CNC(=O)c1cccs1)NNC(=O)Cc1ccc(F)cc1. The van der Waals surface area contributed by atoms with Crippen LogP contribution in [0.5, 0.6) is 0 Å². The second-order valence-corrected chi connectivity index (χ2v) is 5.51. The number of nitrogens with one attached hydrogen (secondary N) is 3. The molecule has 3 N–H and O–H groups in total. The highest BCUT2D eigenvalue weighted by molar-refractivity contribution is 7.12. The van der Waals surface area contributed by atoms with Gasteiger partial charge in [0.1, 0.15) is 5.82 Å². The largest absolute Gasteiger partial charge is 0.342 e. The first-order valence-electron chi connectivity index (χ1n) is 6.68. The molecule has 1 aromatic carbocycles. The monoisotopic (exact) mass is 335 g/mol. The predicted octanol–water partition coefficient (Wildman–Crippen LogP) is 1.01. The average Bonchev–Trinajstić information content (AvgIpc) is 3.07. The lowest BCUT2D eigenvalue weighted by molar-refractivity contribution is -0.128. The smallest absolute Gasteiger partial charge is 0.261 e. The molecule has 0 saturated carbocycles. The molecule has 0 spiro atoms. The number of rotatable bonds is 5. The molecule has 0 radical (unpaired) electrons. The molecular formula is C15H14FN3O3S. The number of thiophene rings is 1. The van der Waals surface area contributed by atoms with E-state index in [4.69, 9.17) is 0 Å². The lowest BCUT2D eigenvalue weighted by Gasteiger charge is -2.08. The van der Waals surface area contributed by atoms with Gasteiger partial charge in [-0.1, -0.05) is 18.2 Å². The topological polar surface area (TPSA) is 87.3 Å². The molecule has 0 saturated heterocycles. The van der Waals surface area contributed by atoms with Crippen molar-refractivity contribution in [1.29, 1.82) is 0 Å². The van der Waals surface area contributed by atoms with Gasteiger partial charge in [-0.15, -0.1) is 11.3 Å². The van der Waals surface area contributed by atoms with Crippen molar-refractivity contribution >= 4 is 29.1 Å². The summed E-state index contributed by atoms with van der Waals surface area (Å²) in [6, 6.07) is 8.84. The van der Waals surface area contributed by atoms with E-state index in [1.807, 2.05) is 0 Å². The number of hydrogen-bond acceptors (Lipinski definition) is 4. The number of benzene rings is 1. The van der Waals surface area contributed by atoms with Crippen LogP contribution in [0.25, 0.3) is 0 Å². The zero-order valence-corrected chi connectivity index (χ0v) is 12.8. The van der Waals surface area contributed by atoms with Crippen LogP contribution in [0.1, 0.15) is 15.2 Å². The molecule has 0 unspecified atom stereocenters. The molecule has 2 rings (SSSR count). The molecule has 0 atom stereocenters. The van der Waals surface area contributed by atoms with Crippen LogP contribution in [0, 0.1) is 5.82 Å². The van der Waals surface area contributed by atoms with Crippen molar-refractivity contribution in [3.8, 4) is 0 Å². The third kappa shape index (κ3) is 5.51. The van der Waals surface area contributed by atoms with Gasteiger partial charge in [0.15, 0.2) is 0 Å². The van der Waals surface area contributed by atoms with Crippen molar-refractivity contribution in [1.82, 2.24) is 16.2 Å². The number of carbonyl (C=O) groups is 3. The van der Waals surface area contributed by atoms with Crippen molar-refractivity contribution in [3.63, 3.8) is 0 Å². The van der Waals surface area contributed by atoms with Crippen molar-refractivity contribution in [3.05, 3.63) is 58.0 Å². The van der Waals surface area contributed by atoms with Gasteiger partial charge in [0.05, 0.1) is 17.8 Å². The van der Waals surface area contributed by atoms with Crippen molar-refractivity contribution in [2.24, 2.45) is 0 Å². The highest BCUT2D eigenvalue weighted by Crippen LogP contribution is 2.07. The average molecular weight is 335 g/mol. The van der Waals surface area contributed by atoms with Crippen LogP contribution in [-0.4, -0.2) is 24.3 Å². The van der Waals surface area contributed by atoms with E-state index in [1.165, 1.54) is 35.6 Å². The summed E-state index contributed by atoms with van der Waals surface area (Å²) >= 11 is 1.26. The molecule has 0 fully saturated rings. The third-order valence-electron chi connectivity index (χ3n) is 2.77. The molecule has 23 heavy (non-hydrogen) atoms. The van der Waals surface area contributed by atoms with Crippen LogP contribution >= 0.6 is 11.3 Å². The van der Waals surface area contributed by atoms with Crippen molar-refractivity contribution in [2.45, 2.75) is 6.42 Å². The third-order valence-corrected chi connectivity index (χ3v) is 3.64. The molecule has 0 aliphatic rings. The van der Waals surface area contributed by atoms with Crippen LogP contribution in [0.15, 0.2) is 41.8 Å². The van der Waals surface area contributed by atoms with Gasteiger partial charge in [0.2, 0.25) is 5.91 Å². The Kier molecular flexibility index (Phi) is 5.81. The maximum absolute atomic E-state index is 12.7. The van der Waals surface area contributed by atoms with E-state index < -0.39 is 11.8 Å². The summed E-state index contributed by atoms with van der Waals surface area (Å²) in [4.78, 5) is 35.3. The van der Waals surface area contributed by atoms with Crippen molar-refractivity contribution < 1.29 is 18.8 Å². The summed E-state index contributed by atoms with van der Waals surface area (Å²) < 4.78 is 12.7. The van der Waals surface area contributed by atoms with Gasteiger partial charge in [-0.3, -0.25) is 25.2 Å². The Morgan fingerprint density at radius 3 is 2.35 bits per heavy atom. The molecule has 3 amide bonds. The lowest BCUT2D eigenvalue weighted by atomic mass is 10.1. The van der Waals surface area contributed by atoms with E-state index in [2.05, 4.69) is 16.2 Å². The summed E-state index contributed by atoms with van der Waals surface area (Å²) in [5.74, 6) is -1.74. The zero-order chi connectivity index (χ0) is 16.7. The molecule has 8 heteroatoms. The van der Waals surface area contributed by atoms with E-state index >= 15 is 0 Å².